The Morgan fingerprint density at radius 3 is 2.20 bits per heavy atom. The molecule has 0 unspecified atom stereocenters. The van der Waals surface area contributed by atoms with Gasteiger partial charge in [0.15, 0.2) is 0 Å². The molecule has 0 aliphatic carbocycles. The second-order valence-electron chi connectivity index (χ2n) is 3.05. The molecule has 0 rings (SSSR count). The van der Waals surface area contributed by atoms with Gasteiger partial charge in [-0.2, -0.15) is 0 Å². The van der Waals surface area contributed by atoms with Crippen LogP contribution in [-0.4, -0.2) is 6.29 Å². The van der Waals surface area contributed by atoms with E-state index in [1.807, 2.05) is 0 Å². The summed E-state index contributed by atoms with van der Waals surface area (Å²) < 4.78 is 0. The summed E-state index contributed by atoms with van der Waals surface area (Å²) in [7, 11) is 0. The molecule has 1 nitrogen and oxygen atoms in total. The van der Waals surface area contributed by atoms with Crippen molar-refractivity contribution in [1.82, 2.24) is 0 Å². The van der Waals surface area contributed by atoms with Crippen molar-refractivity contribution in [2.45, 2.75) is 40.0 Å². The number of carbonyl (C=O) groups excluding carboxylic acids is 1. The van der Waals surface area contributed by atoms with E-state index in [9.17, 15) is 4.79 Å². The van der Waals surface area contributed by atoms with E-state index >= 15 is 0 Å². The maximum Gasteiger partial charge on any atom is 0.123 e. The standard InChI is InChI=1S/C9H18O/c1-4-8(3)6-9(5-2)7-10/h7-9H,4-6H2,1-3H3/t8-,9+/m0/s1. The van der Waals surface area contributed by atoms with E-state index in [2.05, 4.69) is 20.8 Å². The van der Waals surface area contributed by atoms with E-state index in [1.165, 1.54) is 6.42 Å². The predicted molar refractivity (Wildman–Crippen MR) is 43.9 cm³/mol. The zero-order valence-electron chi connectivity index (χ0n) is 7.26. The minimum absolute atomic E-state index is 0.301. The number of aldehydes is 1. The minimum atomic E-state index is 0.301. The molecule has 0 aromatic rings. The molecule has 2 atom stereocenters. The van der Waals surface area contributed by atoms with Crippen LogP contribution in [0.5, 0.6) is 0 Å². The van der Waals surface area contributed by atoms with Crippen LogP contribution >= 0.6 is 0 Å². The van der Waals surface area contributed by atoms with Crippen molar-refractivity contribution >= 4 is 6.29 Å². The van der Waals surface area contributed by atoms with Gasteiger partial charge in [0.1, 0.15) is 6.29 Å². The molecule has 0 saturated carbocycles. The number of carbonyl (C=O) groups is 1. The summed E-state index contributed by atoms with van der Waals surface area (Å²) in [5, 5.41) is 0. The molecule has 0 aliphatic rings. The summed E-state index contributed by atoms with van der Waals surface area (Å²) in [5.74, 6) is 1.00. The van der Waals surface area contributed by atoms with Gasteiger partial charge < -0.3 is 4.79 Å². The lowest BCUT2D eigenvalue weighted by Crippen LogP contribution is -2.05. The number of hydrogen-bond acceptors (Lipinski definition) is 1. The van der Waals surface area contributed by atoms with Crippen molar-refractivity contribution in [3.05, 3.63) is 0 Å². The molecular weight excluding hydrogens is 124 g/mol. The summed E-state index contributed by atoms with van der Waals surface area (Å²) in [6, 6.07) is 0. The van der Waals surface area contributed by atoms with Crippen LogP contribution in [0.2, 0.25) is 0 Å². The third-order valence-corrected chi connectivity index (χ3v) is 2.12. The van der Waals surface area contributed by atoms with Crippen molar-refractivity contribution < 1.29 is 4.79 Å². The minimum Gasteiger partial charge on any atom is -0.303 e. The Morgan fingerprint density at radius 2 is 1.90 bits per heavy atom. The number of hydrogen-bond donors (Lipinski definition) is 0. The van der Waals surface area contributed by atoms with Crippen LogP contribution in [-0.2, 0) is 4.79 Å². The molecule has 0 aliphatic heterocycles. The normalized spacial score (nSPS) is 16.3. The van der Waals surface area contributed by atoms with Crippen LogP contribution < -0.4 is 0 Å². The molecule has 0 aromatic heterocycles. The van der Waals surface area contributed by atoms with Gasteiger partial charge >= 0.3 is 0 Å². The van der Waals surface area contributed by atoms with Crippen molar-refractivity contribution in [2.75, 3.05) is 0 Å². The molecule has 0 spiro atoms. The van der Waals surface area contributed by atoms with Gasteiger partial charge in [-0.25, -0.2) is 0 Å². The Balaban J connectivity index is 3.51. The molecule has 60 valence electrons. The monoisotopic (exact) mass is 142 g/mol. The maximum atomic E-state index is 10.4. The van der Waals surface area contributed by atoms with Gasteiger partial charge in [-0.05, 0) is 18.8 Å². The summed E-state index contributed by atoms with van der Waals surface area (Å²) in [5.41, 5.74) is 0. The SMILES string of the molecule is CC[C@H](C)C[C@H](C=O)CC. The fourth-order valence-electron chi connectivity index (χ4n) is 1.00. The third-order valence-electron chi connectivity index (χ3n) is 2.12. The van der Waals surface area contributed by atoms with Gasteiger partial charge in [-0.15, -0.1) is 0 Å². The first-order valence-electron chi connectivity index (χ1n) is 4.19. The maximum absolute atomic E-state index is 10.4. The lowest BCUT2D eigenvalue weighted by atomic mass is 9.93. The first-order chi connectivity index (χ1) is 4.74. The van der Waals surface area contributed by atoms with Gasteiger partial charge in [0.2, 0.25) is 0 Å². The summed E-state index contributed by atoms with van der Waals surface area (Å²) >= 11 is 0. The quantitative estimate of drug-likeness (QED) is 0.539. The summed E-state index contributed by atoms with van der Waals surface area (Å²) in [4.78, 5) is 10.4. The second-order valence-corrected chi connectivity index (χ2v) is 3.05. The van der Waals surface area contributed by atoms with Crippen molar-refractivity contribution in [3.8, 4) is 0 Å². The van der Waals surface area contributed by atoms with E-state index in [1.54, 1.807) is 0 Å². The van der Waals surface area contributed by atoms with E-state index in [0.717, 1.165) is 19.1 Å². The van der Waals surface area contributed by atoms with Gasteiger partial charge in [0.05, 0.1) is 0 Å². The molecule has 0 radical (unpaired) electrons. The fourth-order valence-corrected chi connectivity index (χ4v) is 1.00. The second kappa shape index (κ2) is 5.45. The highest BCUT2D eigenvalue weighted by Gasteiger charge is 2.07. The van der Waals surface area contributed by atoms with Gasteiger partial charge in [-0.1, -0.05) is 27.2 Å². The smallest absolute Gasteiger partial charge is 0.123 e. The largest absolute Gasteiger partial charge is 0.303 e. The lowest BCUT2D eigenvalue weighted by molar-refractivity contribution is -0.111. The van der Waals surface area contributed by atoms with Crippen LogP contribution in [0.15, 0.2) is 0 Å². The first-order valence-corrected chi connectivity index (χ1v) is 4.19. The Kier molecular flexibility index (Phi) is 5.27. The Hall–Kier alpha value is -0.330. The van der Waals surface area contributed by atoms with Crippen LogP contribution in [0.4, 0.5) is 0 Å². The molecular formula is C9H18O. The van der Waals surface area contributed by atoms with Gasteiger partial charge in [-0.3, -0.25) is 0 Å². The van der Waals surface area contributed by atoms with E-state index < -0.39 is 0 Å². The summed E-state index contributed by atoms with van der Waals surface area (Å²) in [6.07, 6.45) is 4.33. The van der Waals surface area contributed by atoms with Crippen molar-refractivity contribution in [2.24, 2.45) is 11.8 Å². The van der Waals surface area contributed by atoms with Crippen LogP contribution in [0.3, 0.4) is 0 Å². The fraction of sp³-hybridized carbons (Fsp3) is 0.889. The lowest BCUT2D eigenvalue weighted by Gasteiger charge is -2.11. The first kappa shape index (κ1) is 9.67. The zero-order valence-corrected chi connectivity index (χ0v) is 7.26. The Morgan fingerprint density at radius 1 is 1.30 bits per heavy atom. The van der Waals surface area contributed by atoms with Crippen molar-refractivity contribution in [1.29, 1.82) is 0 Å². The van der Waals surface area contributed by atoms with Crippen LogP contribution in [0, 0.1) is 11.8 Å². The van der Waals surface area contributed by atoms with E-state index in [0.29, 0.717) is 11.8 Å². The highest BCUT2D eigenvalue weighted by molar-refractivity contribution is 5.53. The molecule has 0 heterocycles. The highest BCUT2D eigenvalue weighted by Crippen LogP contribution is 2.15. The average molecular weight is 142 g/mol. The van der Waals surface area contributed by atoms with E-state index in [4.69, 9.17) is 0 Å². The molecule has 0 fully saturated rings. The van der Waals surface area contributed by atoms with Crippen LogP contribution in [0.1, 0.15) is 40.0 Å². The average Bonchev–Trinajstić information content (AvgIpc) is 1.99. The molecule has 0 aromatic carbocycles. The molecule has 1 heteroatoms. The molecule has 0 amide bonds. The molecule has 0 saturated heterocycles. The zero-order chi connectivity index (χ0) is 7.98. The topological polar surface area (TPSA) is 17.1 Å². The Bertz CT molecular complexity index is 88.7. The van der Waals surface area contributed by atoms with Gasteiger partial charge in [0.25, 0.3) is 0 Å². The Labute approximate surface area is 63.8 Å². The van der Waals surface area contributed by atoms with E-state index in [-0.39, 0.29) is 0 Å². The molecule has 10 heavy (non-hydrogen) atoms. The van der Waals surface area contributed by atoms with Crippen LogP contribution in [0.25, 0.3) is 0 Å². The third kappa shape index (κ3) is 3.65. The van der Waals surface area contributed by atoms with Gasteiger partial charge in [0, 0.05) is 5.92 Å². The highest BCUT2D eigenvalue weighted by atomic mass is 16.1. The molecule has 0 N–H and O–H groups in total. The summed E-state index contributed by atoms with van der Waals surface area (Å²) in [6.45, 7) is 6.44. The van der Waals surface area contributed by atoms with Crippen molar-refractivity contribution in [3.63, 3.8) is 0 Å². The molecule has 0 bridgehead atoms. The predicted octanol–water partition coefficient (Wildman–Crippen LogP) is 2.65. The number of rotatable bonds is 5.